The van der Waals surface area contributed by atoms with Crippen molar-refractivity contribution < 1.29 is 4.42 Å². The van der Waals surface area contributed by atoms with Crippen LogP contribution in [0.1, 0.15) is 11.3 Å². The van der Waals surface area contributed by atoms with Gasteiger partial charge in [-0.3, -0.25) is 4.68 Å². The first-order valence-corrected chi connectivity index (χ1v) is 5.77. The lowest BCUT2D eigenvalue weighted by Crippen LogP contribution is -1.99. The first-order valence-electron chi connectivity index (χ1n) is 5.77. The number of benzene rings is 1. The molecule has 0 saturated heterocycles. The van der Waals surface area contributed by atoms with E-state index >= 15 is 0 Å². The number of nitrogens with two attached hydrogens (primary N) is 1. The summed E-state index contributed by atoms with van der Waals surface area (Å²) in [5.41, 5.74) is 11.5. The van der Waals surface area contributed by atoms with Crippen molar-refractivity contribution in [3.63, 3.8) is 0 Å². The monoisotopic (exact) mass is 242 g/mol. The van der Waals surface area contributed by atoms with Gasteiger partial charge < -0.3 is 10.2 Å². The summed E-state index contributed by atoms with van der Waals surface area (Å²) in [5, 5.41) is 4.42. The minimum absolute atomic E-state index is 0.449. The van der Waals surface area contributed by atoms with Crippen LogP contribution in [0, 0.1) is 6.92 Å². The van der Waals surface area contributed by atoms with E-state index in [2.05, 4.69) is 10.1 Å². The molecule has 18 heavy (non-hydrogen) atoms. The molecule has 0 aliphatic carbocycles. The van der Waals surface area contributed by atoms with Gasteiger partial charge in [0.15, 0.2) is 12.0 Å². The molecule has 1 aromatic carbocycles. The maximum atomic E-state index is 5.68. The number of hydrogen-bond acceptors (Lipinski definition) is 4. The molecule has 0 spiro atoms. The molecule has 2 heterocycles. The van der Waals surface area contributed by atoms with Crippen molar-refractivity contribution in [2.24, 2.45) is 12.8 Å². The number of rotatable bonds is 2. The lowest BCUT2D eigenvalue weighted by molar-refractivity contribution is 0.602. The van der Waals surface area contributed by atoms with Crippen molar-refractivity contribution in [2.75, 3.05) is 0 Å². The number of fused-ring (bicyclic) bond motifs is 1. The van der Waals surface area contributed by atoms with Crippen LogP contribution in [0.2, 0.25) is 0 Å². The Morgan fingerprint density at radius 1 is 1.39 bits per heavy atom. The lowest BCUT2D eigenvalue weighted by atomic mass is 10.1. The highest BCUT2D eigenvalue weighted by atomic mass is 16.3. The highest BCUT2D eigenvalue weighted by Gasteiger charge is 2.13. The standard InChI is InChI=1S/C13H14N4O/c1-8-11(6-14)16-17(2)13(8)9-3-4-10-12(5-9)18-7-15-10/h3-5,7H,6,14H2,1-2H3. The largest absolute Gasteiger partial charge is 0.443 e. The van der Waals surface area contributed by atoms with Gasteiger partial charge in [0.2, 0.25) is 0 Å². The van der Waals surface area contributed by atoms with Crippen molar-refractivity contribution in [3.8, 4) is 11.3 Å². The molecule has 5 nitrogen and oxygen atoms in total. The van der Waals surface area contributed by atoms with Crippen LogP contribution in [-0.4, -0.2) is 14.8 Å². The van der Waals surface area contributed by atoms with Crippen molar-refractivity contribution >= 4 is 11.1 Å². The summed E-state index contributed by atoms with van der Waals surface area (Å²) >= 11 is 0. The van der Waals surface area contributed by atoms with E-state index in [-0.39, 0.29) is 0 Å². The molecule has 92 valence electrons. The van der Waals surface area contributed by atoms with Gasteiger partial charge in [-0.15, -0.1) is 0 Å². The average molecular weight is 242 g/mol. The minimum Gasteiger partial charge on any atom is -0.443 e. The highest BCUT2D eigenvalue weighted by Crippen LogP contribution is 2.27. The van der Waals surface area contributed by atoms with Crippen molar-refractivity contribution in [3.05, 3.63) is 35.9 Å². The zero-order chi connectivity index (χ0) is 12.7. The first kappa shape index (κ1) is 11.0. The molecule has 2 N–H and O–H groups in total. The number of nitrogens with zero attached hydrogens (tertiary/aromatic N) is 3. The zero-order valence-corrected chi connectivity index (χ0v) is 10.3. The van der Waals surface area contributed by atoms with Crippen LogP contribution in [0.25, 0.3) is 22.4 Å². The van der Waals surface area contributed by atoms with Gasteiger partial charge in [0.1, 0.15) is 5.52 Å². The Morgan fingerprint density at radius 2 is 2.22 bits per heavy atom. The van der Waals surface area contributed by atoms with Crippen LogP contribution >= 0.6 is 0 Å². The van der Waals surface area contributed by atoms with Crippen molar-refractivity contribution in [2.45, 2.75) is 13.5 Å². The van der Waals surface area contributed by atoms with E-state index in [9.17, 15) is 0 Å². The summed E-state index contributed by atoms with van der Waals surface area (Å²) in [7, 11) is 1.92. The molecule has 0 atom stereocenters. The second kappa shape index (κ2) is 3.96. The van der Waals surface area contributed by atoms with Crippen molar-refractivity contribution in [1.82, 2.24) is 14.8 Å². The van der Waals surface area contributed by atoms with E-state index in [0.717, 1.165) is 33.6 Å². The smallest absolute Gasteiger partial charge is 0.181 e. The average Bonchev–Trinajstić information content (AvgIpc) is 2.93. The lowest BCUT2D eigenvalue weighted by Gasteiger charge is -2.03. The number of oxazole rings is 1. The molecular formula is C13H14N4O. The van der Waals surface area contributed by atoms with Crippen LogP contribution in [0.15, 0.2) is 29.0 Å². The van der Waals surface area contributed by atoms with E-state index in [1.807, 2.05) is 36.9 Å². The molecule has 0 radical (unpaired) electrons. The molecule has 3 rings (SSSR count). The molecule has 0 bridgehead atoms. The minimum atomic E-state index is 0.449. The Bertz CT molecular complexity index is 711. The third-order valence-corrected chi connectivity index (χ3v) is 3.18. The van der Waals surface area contributed by atoms with Gasteiger partial charge in [-0.25, -0.2) is 4.98 Å². The van der Waals surface area contributed by atoms with E-state index in [1.54, 1.807) is 0 Å². The number of hydrogen-bond donors (Lipinski definition) is 1. The number of aryl methyl sites for hydroxylation is 1. The predicted molar refractivity (Wildman–Crippen MR) is 68.8 cm³/mol. The second-order valence-electron chi connectivity index (χ2n) is 4.28. The Kier molecular flexibility index (Phi) is 2.41. The van der Waals surface area contributed by atoms with Gasteiger partial charge in [0.05, 0.1) is 11.4 Å². The van der Waals surface area contributed by atoms with Gasteiger partial charge in [-0.1, -0.05) is 6.07 Å². The maximum absolute atomic E-state index is 5.68. The Morgan fingerprint density at radius 3 is 2.94 bits per heavy atom. The topological polar surface area (TPSA) is 69.9 Å². The maximum Gasteiger partial charge on any atom is 0.181 e. The van der Waals surface area contributed by atoms with Gasteiger partial charge in [0, 0.05) is 19.2 Å². The fraction of sp³-hybridized carbons (Fsp3) is 0.231. The summed E-state index contributed by atoms with van der Waals surface area (Å²) in [6.07, 6.45) is 1.45. The third-order valence-electron chi connectivity index (χ3n) is 3.18. The van der Waals surface area contributed by atoms with Crippen LogP contribution in [-0.2, 0) is 13.6 Å². The molecule has 0 aliphatic rings. The molecule has 3 aromatic rings. The second-order valence-corrected chi connectivity index (χ2v) is 4.28. The zero-order valence-electron chi connectivity index (χ0n) is 10.3. The fourth-order valence-electron chi connectivity index (χ4n) is 2.29. The third kappa shape index (κ3) is 1.52. The quantitative estimate of drug-likeness (QED) is 0.746. The summed E-state index contributed by atoms with van der Waals surface area (Å²) in [6.45, 7) is 2.49. The molecule has 0 unspecified atom stereocenters. The van der Waals surface area contributed by atoms with E-state index in [1.165, 1.54) is 6.39 Å². The molecule has 5 heteroatoms. The van der Waals surface area contributed by atoms with Gasteiger partial charge in [-0.05, 0) is 24.6 Å². The van der Waals surface area contributed by atoms with E-state index in [0.29, 0.717) is 6.54 Å². The van der Waals surface area contributed by atoms with Crippen molar-refractivity contribution in [1.29, 1.82) is 0 Å². The molecule has 0 amide bonds. The van der Waals surface area contributed by atoms with Gasteiger partial charge in [-0.2, -0.15) is 5.10 Å². The molecule has 0 saturated carbocycles. The highest BCUT2D eigenvalue weighted by molar-refractivity contribution is 5.80. The Hall–Kier alpha value is -2.14. The number of aromatic nitrogens is 3. The summed E-state index contributed by atoms with van der Waals surface area (Å²) in [4.78, 5) is 4.11. The van der Waals surface area contributed by atoms with Gasteiger partial charge >= 0.3 is 0 Å². The predicted octanol–water partition coefficient (Wildman–Crippen LogP) is 2.00. The van der Waals surface area contributed by atoms with Crippen LogP contribution in [0.4, 0.5) is 0 Å². The molecule has 0 aliphatic heterocycles. The molecular weight excluding hydrogens is 228 g/mol. The summed E-state index contributed by atoms with van der Waals surface area (Å²) < 4.78 is 7.18. The Balaban J connectivity index is 2.21. The normalized spacial score (nSPS) is 11.3. The summed E-state index contributed by atoms with van der Waals surface area (Å²) in [5.74, 6) is 0. The summed E-state index contributed by atoms with van der Waals surface area (Å²) in [6, 6.07) is 5.95. The van der Waals surface area contributed by atoms with Gasteiger partial charge in [0.25, 0.3) is 0 Å². The fourth-order valence-corrected chi connectivity index (χ4v) is 2.29. The Labute approximate surface area is 104 Å². The van der Waals surface area contributed by atoms with Crippen LogP contribution in [0.5, 0.6) is 0 Å². The first-order chi connectivity index (χ1) is 8.70. The van der Waals surface area contributed by atoms with Crippen LogP contribution < -0.4 is 5.73 Å². The SMILES string of the molecule is Cc1c(CN)nn(C)c1-c1ccc2ncoc2c1. The van der Waals surface area contributed by atoms with E-state index < -0.39 is 0 Å². The molecule has 0 fully saturated rings. The molecule has 2 aromatic heterocycles. The van der Waals surface area contributed by atoms with Crippen LogP contribution in [0.3, 0.4) is 0 Å². The van der Waals surface area contributed by atoms with E-state index in [4.69, 9.17) is 10.2 Å².